The minimum Gasteiger partial charge on any atom is -0.293 e. The Morgan fingerprint density at radius 3 is 2.59 bits per heavy atom. The Morgan fingerprint density at radius 2 is 2.06 bits per heavy atom. The zero-order valence-electron chi connectivity index (χ0n) is 9.30. The number of carbonyl (C=O) groups excluding carboxylic acids is 1. The molecular formula is C13H11ClN2O. The molecule has 3 nitrogen and oxygen atoms in total. The number of carbonyl (C=O) groups is 1. The van der Waals surface area contributed by atoms with Gasteiger partial charge in [-0.05, 0) is 29.8 Å². The topological polar surface area (TPSA) is 34.9 Å². The first-order valence-corrected chi connectivity index (χ1v) is 5.53. The van der Waals surface area contributed by atoms with Gasteiger partial charge in [-0.15, -0.1) is 0 Å². The number of benzene rings is 1. The summed E-state index contributed by atoms with van der Waals surface area (Å²) in [5.74, 6) is -0.0383. The van der Waals surface area contributed by atoms with Crippen LogP contribution in [0.3, 0.4) is 0 Å². The number of hydrogen-bond acceptors (Lipinski definition) is 2. The van der Waals surface area contributed by atoms with Crippen LogP contribution < -0.4 is 0 Å². The molecule has 0 aliphatic rings. The Labute approximate surface area is 104 Å². The van der Waals surface area contributed by atoms with Gasteiger partial charge in [0.25, 0.3) is 0 Å². The van der Waals surface area contributed by atoms with Crippen molar-refractivity contribution in [2.75, 3.05) is 0 Å². The van der Waals surface area contributed by atoms with Crippen molar-refractivity contribution in [2.45, 2.75) is 6.92 Å². The first-order valence-electron chi connectivity index (χ1n) is 5.15. The van der Waals surface area contributed by atoms with Gasteiger partial charge in [0.05, 0.1) is 0 Å². The smallest absolute Gasteiger partial charge is 0.178 e. The zero-order chi connectivity index (χ0) is 12.3. The van der Waals surface area contributed by atoms with E-state index in [2.05, 4.69) is 5.10 Å². The molecule has 0 N–H and O–H groups in total. The van der Waals surface area contributed by atoms with Crippen LogP contribution in [0.5, 0.6) is 0 Å². The molecule has 0 radical (unpaired) electrons. The molecule has 17 heavy (non-hydrogen) atoms. The summed E-state index contributed by atoms with van der Waals surface area (Å²) >= 11 is 5.81. The number of aromatic nitrogens is 2. The van der Waals surface area contributed by atoms with E-state index in [9.17, 15) is 4.79 Å². The van der Waals surface area contributed by atoms with Gasteiger partial charge < -0.3 is 0 Å². The minimum absolute atomic E-state index is 0.0383. The molecule has 0 unspecified atom stereocenters. The Hall–Kier alpha value is -1.87. The second-order valence-corrected chi connectivity index (χ2v) is 4.02. The van der Waals surface area contributed by atoms with E-state index in [1.807, 2.05) is 12.1 Å². The first-order chi connectivity index (χ1) is 8.16. The fourth-order valence-corrected chi connectivity index (χ4v) is 1.58. The Bertz CT molecular complexity index is 541. The van der Waals surface area contributed by atoms with Crippen molar-refractivity contribution < 1.29 is 4.79 Å². The van der Waals surface area contributed by atoms with Crippen LogP contribution in [-0.2, 0) is 4.79 Å². The van der Waals surface area contributed by atoms with E-state index in [-0.39, 0.29) is 5.78 Å². The molecule has 0 saturated carbocycles. The van der Waals surface area contributed by atoms with Crippen LogP contribution >= 0.6 is 11.6 Å². The summed E-state index contributed by atoms with van der Waals surface area (Å²) in [7, 11) is 0. The van der Waals surface area contributed by atoms with E-state index in [0.29, 0.717) is 10.7 Å². The van der Waals surface area contributed by atoms with E-state index >= 15 is 0 Å². The monoisotopic (exact) mass is 246 g/mol. The van der Waals surface area contributed by atoms with Crippen LogP contribution in [0.4, 0.5) is 0 Å². The second kappa shape index (κ2) is 4.97. The highest BCUT2D eigenvalue weighted by Gasteiger charge is 2.06. The number of rotatable bonds is 3. The van der Waals surface area contributed by atoms with Crippen molar-refractivity contribution in [1.29, 1.82) is 0 Å². The van der Waals surface area contributed by atoms with Gasteiger partial charge in [0, 0.05) is 24.3 Å². The van der Waals surface area contributed by atoms with Crippen molar-refractivity contribution in [1.82, 2.24) is 9.78 Å². The van der Waals surface area contributed by atoms with Gasteiger partial charge in [-0.1, -0.05) is 23.7 Å². The van der Waals surface area contributed by atoms with Crippen LogP contribution in [0.15, 0.2) is 42.7 Å². The number of hydrogen-bond donors (Lipinski definition) is 0. The van der Waals surface area contributed by atoms with Crippen molar-refractivity contribution in [3.63, 3.8) is 0 Å². The quantitative estimate of drug-likeness (QED) is 0.780. The summed E-state index contributed by atoms with van der Waals surface area (Å²) in [6.07, 6.45) is 5.16. The van der Waals surface area contributed by atoms with Gasteiger partial charge in [-0.2, -0.15) is 5.10 Å². The number of halogens is 1. The molecule has 0 atom stereocenters. The summed E-state index contributed by atoms with van der Waals surface area (Å²) in [5, 5.41) is 4.72. The van der Waals surface area contributed by atoms with Gasteiger partial charge in [0.15, 0.2) is 5.78 Å². The summed E-state index contributed by atoms with van der Waals surface area (Å²) in [5.41, 5.74) is 1.44. The molecule has 1 heterocycles. The standard InChI is InChI=1S/C13H11ClN2O/c1-10(17)13(16-8-2-7-15-16)9-11-3-5-12(14)6-4-11/h2-9H,1H3/b13-9-. The molecule has 0 aliphatic carbocycles. The SMILES string of the molecule is CC(=O)/C(=C/c1ccc(Cl)cc1)n1cccn1. The lowest BCUT2D eigenvalue weighted by Gasteiger charge is -2.03. The number of Topliss-reactive ketones (excluding diaryl/α,β-unsaturated/α-hetero) is 1. The van der Waals surface area contributed by atoms with Crippen LogP contribution in [0.25, 0.3) is 11.8 Å². The molecule has 0 aliphatic heterocycles. The molecule has 0 amide bonds. The highest BCUT2D eigenvalue weighted by atomic mass is 35.5. The summed E-state index contributed by atoms with van der Waals surface area (Å²) in [6, 6.07) is 9.06. The highest BCUT2D eigenvalue weighted by Crippen LogP contribution is 2.15. The lowest BCUT2D eigenvalue weighted by molar-refractivity contribution is -0.112. The molecule has 1 aromatic heterocycles. The molecule has 4 heteroatoms. The van der Waals surface area contributed by atoms with E-state index in [1.165, 1.54) is 6.92 Å². The van der Waals surface area contributed by atoms with Crippen molar-refractivity contribution in [2.24, 2.45) is 0 Å². The molecule has 2 rings (SSSR count). The Balaban J connectivity index is 2.40. The predicted molar refractivity (Wildman–Crippen MR) is 68.5 cm³/mol. The van der Waals surface area contributed by atoms with Crippen LogP contribution in [0.2, 0.25) is 5.02 Å². The van der Waals surface area contributed by atoms with E-state index in [1.54, 1.807) is 41.4 Å². The van der Waals surface area contributed by atoms with Crippen LogP contribution in [0, 0.1) is 0 Å². The third kappa shape index (κ3) is 2.82. The van der Waals surface area contributed by atoms with Crippen molar-refractivity contribution >= 4 is 29.2 Å². The minimum atomic E-state index is -0.0383. The maximum absolute atomic E-state index is 11.6. The molecule has 86 valence electrons. The number of ketones is 1. The van der Waals surface area contributed by atoms with Gasteiger partial charge in [0.1, 0.15) is 5.70 Å². The number of nitrogens with zero attached hydrogens (tertiary/aromatic N) is 2. The molecule has 0 bridgehead atoms. The molecule has 0 spiro atoms. The third-order valence-corrected chi connectivity index (χ3v) is 2.54. The average Bonchev–Trinajstić information content (AvgIpc) is 2.81. The Kier molecular flexibility index (Phi) is 3.40. The zero-order valence-corrected chi connectivity index (χ0v) is 10.1. The summed E-state index contributed by atoms with van der Waals surface area (Å²) in [4.78, 5) is 11.6. The van der Waals surface area contributed by atoms with E-state index in [0.717, 1.165) is 5.56 Å². The maximum atomic E-state index is 11.6. The fraction of sp³-hybridized carbons (Fsp3) is 0.0769. The van der Waals surface area contributed by atoms with Gasteiger partial charge in [-0.3, -0.25) is 4.79 Å². The molecule has 1 aromatic carbocycles. The van der Waals surface area contributed by atoms with E-state index < -0.39 is 0 Å². The van der Waals surface area contributed by atoms with Gasteiger partial charge in [-0.25, -0.2) is 4.68 Å². The summed E-state index contributed by atoms with van der Waals surface area (Å²) in [6.45, 7) is 1.52. The van der Waals surface area contributed by atoms with Crippen LogP contribution in [-0.4, -0.2) is 15.6 Å². The first kappa shape index (κ1) is 11.6. The molecular weight excluding hydrogens is 236 g/mol. The molecule has 0 saturated heterocycles. The third-order valence-electron chi connectivity index (χ3n) is 2.29. The van der Waals surface area contributed by atoms with Gasteiger partial charge >= 0.3 is 0 Å². The normalized spacial score (nSPS) is 11.5. The molecule has 2 aromatic rings. The largest absolute Gasteiger partial charge is 0.293 e. The van der Waals surface area contributed by atoms with Crippen LogP contribution in [0.1, 0.15) is 12.5 Å². The van der Waals surface area contributed by atoms with Crippen molar-refractivity contribution in [3.05, 3.63) is 53.3 Å². The predicted octanol–water partition coefficient (Wildman–Crippen LogP) is 3.12. The summed E-state index contributed by atoms with van der Waals surface area (Å²) < 4.78 is 1.55. The fourth-order valence-electron chi connectivity index (χ4n) is 1.46. The lowest BCUT2D eigenvalue weighted by atomic mass is 10.1. The highest BCUT2D eigenvalue weighted by molar-refractivity contribution is 6.30. The van der Waals surface area contributed by atoms with E-state index in [4.69, 9.17) is 11.6 Å². The average molecular weight is 247 g/mol. The van der Waals surface area contributed by atoms with Crippen molar-refractivity contribution in [3.8, 4) is 0 Å². The van der Waals surface area contributed by atoms with Gasteiger partial charge in [0.2, 0.25) is 0 Å². The second-order valence-electron chi connectivity index (χ2n) is 3.59. The number of allylic oxidation sites excluding steroid dienone is 1. The molecule has 0 fully saturated rings. The lowest BCUT2D eigenvalue weighted by Crippen LogP contribution is -2.05. The Morgan fingerprint density at radius 1 is 1.35 bits per heavy atom. The maximum Gasteiger partial charge on any atom is 0.178 e.